The fraction of sp³-hybridized carbons (Fsp3) is 0.261. The second kappa shape index (κ2) is 10.4. The molecule has 10 heteroatoms. The van der Waals surface area contributed by atoms with Gasteiger partial charge in [-0.3, -0.25) is 29.6 Å². The minimum atomic E-state index is -0.803. The molecule has 2 aromatic rings. The van der Waals surface area contributed by atoms with Crippen LogP contribution in [0.25, 0.3) is 0 Å². The highest BCUT2D eigenvalue weighted by Crippen LogP contribution is 2.18. The van der Waals surface area contributed by atoms with Crippen molar-refractivity contribution in [2.45, 2.75) is 13.3 Å². The van der Waals surface area contributed by atoms with Gasteiger partial charge in [-0.05, 0) is 43.3 Å². The first-order valence-electron chi connectivity index (χ1n) is 10.1. The standard InChI is InChI=1S/C23H23N3O7/c1-14-3-5-15(6-4-14)21(29)25-26-12-17(11-20(26)28)23(31)33-13-19(27)24-18-9-7-16(8-10-18)22(30)32-2/h3-10,17H,11-13H2,1-2H3,(H,24,27)(H,25,29)/t17-/m1/s1. The van der Waals surface area contributed by atoms with Crippen molar-refractivity contribution in [3.05, 3.63) is 65.2 Å². The van der Waals surface area contributed by atoms with Crippen molar-refractivity contribution in [3.63, 3.8) is 0 Å². The number of benzene rings is 2. The number of hydrazine groups is 1. The molecule has 0 radical (unpaired) electrons. The van der Waals surface area contributed by atoms with Crippen LogP contribution in [-0.4, -0.2) is 54.9 Å². The average molecular weight is 453 g/mol. The van der Waals surface area contributed by atoms with Crippen molar-refractivity contribution in [1.82, 2.24) is 10.4 Å². The summed E-state index contributed by atoms with van der Waals surface area (Å²) < 4.78 is 9.62. The Balaban J connectivity index is 1.46. The van der Waals surface area contributed by atoms with Gasteiger partial charge in [0.15, 0.2) is 6.61 Å². The lowest BCUT2D eigenvalue weighted by Crippen LogP contribution is -2.43. The number of hydrogen-bond donors (Lipinski definition) is 2. The first-order valence-corrected chi connectivity index (χ1v) is 10.1. The van der Waals surface area contributed by atoms with Crippen molar-refractivity contribution in [1.29, 1.82) is 0 Å². The van der Waals surface area contributed by atoms with Gasteiger partial charge in [-0.15, -0.1) is 0 Å². The molecule has 2 N–H and O–H groups in total. The van der Waals surface area contributed by atoms with Gasteiger partial charge in [0.1, 0.15) is 0 Å². The number of ether oxygens (including phenoxy) is 2. The molecule has 3 amide bonds. The smallest absolute Gasteiger partial charge is 0.337 e. The number of esters is 2. The largest absolute Gasteiger partial charge is 0.465 e. The number of carbonyl (C=O) groups excluding carboxylic acids is 5. The fourth-order valence-corrected chi connectivity index (χ4v) is 3.12. The monoisotopic (exact) mass is 453 g/mol. The molecule has 0 aliphatic carbocycles. The predicted molar refractivity (Wildman–Crippen MR) is 116 cm³/mol. The van der Waals surface area contributed by atoms with Crippen LogP contribution in [0.4, 0.5) is 5.69 Å². The van der Waals surface area contributed by atoms with E-state index >= 15 is 0 Å². The van der Waals surface area contributed by atoms with Crippen LogP contribution in [-0.2, 0) is 23.9 Å². The number of hydrogen-bond acceptors (Lipinski definition) is 7. The third-order valence-electron chi connectivity index (χ3n) is 4.94. The quantitative estimate of drug-likeness (QED) is 0.607. The van der Waals surface area contributed by atoms with E-state index in [2.05, 4.69) is 15.5 Å². The molecule has 0 spiro atoms. The van der Waals surface area contributed by atoms with Gasteiger partial charge < -0.3 is 14.8 Å². The van der Waals surface area contributed by atoms with E-state index in [1.165, 1.54) is 31.4 Å². The van der Waals surface area contributed by atoms with E-state index in [-0.39, 0.29) is 13.0 Å². The fourth-order valence-electron chi connectivity index (χ4n) is 3.12. The number of nitrogens with one attached hydrogen (secondary N) is 2. The molecule has 1 aliphatic heterocycles. The Morgan fingerprint density at radius 1 is 1.00 bits per heavy atom. The van der Waals surface area contributed by atoms with E-state index in [0.29, 0.717) is 16.8 Å². The maximum atomic E-state index is 12.3. The summed E-state index contributed by atoms with van der Waals surface area (Å²) in [5, 5.41) is 3.62. The summed E-state index contributed by atoms with van der Waals surface area (Å²) in [7, 11) is 1.27. The lowest BCUT2D eigenvalue weighted by Gasteiger charge is -2.17. The lowest BCUT2D eigenvalue weighted by atomic mass is 10.1. The van der Waals surface area contributed by atoms with Crippen molar-refractivity contribution in [2.75, 3.05) is 25.6 Å². The molecule has 1 aliphatic rings. The zero-order valence-electron chi connectivity index (χ0n) is 18.1. The van der Waals surface area contributed by atoms with Crippen molar-refractivity contribution in [3.8, 4) is 0 Å². The highest BCUT2D eigenvalue weighted by Gasteiger charge is 2.36. The molecule has 1 atom stereocenters. The van der Waals surface area contributed by atoms with E-state index < -0.39 is 42.2 Å². The molecule has 10 nitrogen and oxygen atoms in total. The highest BCUT2D eigenvalue weighted by atomic mass is 16.5. The van der Waals surface area contributed by atoms with Crippen LogP contribution >= 0.6 is 0 Å². The van der Waals surface area contributed by atoms with E-state index in [4.69, 9.17) is 4.74 Å². The molecular formula is C23H23N3O7. The van der Waals surface area contributed by atoms with Crippen LogP contribution < -0.4 is 10.7 Å². The average Bonchev–Trinajstić information content (AvgIpc) is 3.18. The second-order valence-corrected chi connectivity index (χ2v) is 7.44. The van der Waals surface area contributed by atoms with Gasteiger partial charge in [0.25, 0.3) is 11.8 Å². The summed E-state index contributed by atoms with van der Waals surface area (Å²) in [6.07, 6.45) is -0.135. The number of nitrogens with zero attached hydrogens (tertiary/aromatic N) is 1. The molecular weight excluding hydrogens is 430 g/mol. The number of aryl methyl sites for hydroxylation is 1. The third-order valence-corrected chi connectivity index (χ3v) is 4.94. The number of methoxy groups -OCH3 is 1. The number of rotatable bonds is 7. The normalized spacial score (nSPS) is 15.0. The Kier molecular flexibility index (Phi) is 7.39. The molecule has 2 aromatic carbocycles. The first-order chi connectivity index (χ1) is 15.8. The molecule has 1 fully saturated rings. The van der Waals surface area contributed by atoms with E-state index in [9.17, 15) is 24.0 Å². The highest BCUT2D eigenvalue weighted by molar-refractivity contribution is 5.97. The van der Waals surface area contributed by atoms with Crippen LogP contribution in [0.15, 0.2) is 48.5 Å². The summed E-state index contributed by atoms with van der Waals surface area (Å²) in [5.74, 6) is -3.49. The number of anilines is 1. The van der Waals surface area contributed by atoms with Crippen molar-refractivity contribution in [2.24, 2.45) is 5.92 Å². The molecule has 3 rings (SSSR count). The van der Waals surface area contributed by atoms with Crippen molar-refractivity contribution >= 4 is 35.3 Å². The zero-order valence-corrected chi connectivity index (χ0v) is 18.1. The van der Waals surface area contributed by atoms with Crippen LogP contribution in [0.1, 0.15) is 32.7 Å². The molecule has 1 heterocycles. The Hall–Kier alpha value is -4.21. The van der Waals surface area contributed by atoms with Crippen molar-refractivity contribution < 1.29 is 33.4 Å². The van der Waals surface area contributed by atoms with Gasteiger partial charge in [0.05, 0.1) is 25.1 Å². The summed E-state index contributed by atoms with van der Waals surface area (Å²) in [6, 6.07) is 12.8. The van der Waals surface area contributed by atoms with Crippen LogP contribution in [0.3, 0.4) is 0 Å². The van der Waals surface area contributed by atoms with Crippen LogP contribution in [0.2, 0.25) is 0 Å². The Bertz CT molecular complexity index is 1060. The minimum absolute atomic E-state index is 0.0497. The van der Waals surface area contributed by atoms with E-state index in [1.807, 2.05) is 6.92 Å². The Morgan fingerprint density at radius 3 is 2.27 bits per heavy atom. The second-order valence-electron chi connectivity index (χ2n) is 7.44. The maximum Gasteiger partial charge on any atom is 0.337 e. The van der Waals surface area contributed by atoms with E-state index in [1.54, 1.807) is 24.3 Å². The summed E-state index contributed by atoms with van der Waals surface area (Å²) >= 11 is 0. The van der Waals surface area contributed by atoms with Gasteiger partial charge in [-0.2, -0.15) is 0 Å². The topological polar surface area (TPSA) is 131 Å². The molecule has 172 valence electrons. The molecule has 0 saturated carbocycles. The SMILES string of the molecule is COC(=O)c1ccc(NC(=O)COC(=O)[C@@H]2CC(=O)N(NC(=O)c3ccc(C)cc3)C2)cc1. The van der Waals surface area contributed by atoms with Gasteiger partial charge in [0, 0.05) is 17.7 Å². The summed E-state index contributed by atoms with van der Waals surface area (Å²) in [5.41, 5.74) is 4.60. The predicted octanol–water partition coefficient (Wildman–Crippen LogP) is 1.46. The number of amides is 3. The molecule has 0 aromatic heterocycles. The maximum absolute atomic E-state index is 12.3. The first kappa shape index (κ1) is 23.5. The Labute approximate surface area is 189 Å². The number of carbonyl (C=O) groups is 5. The summed E-state index contributed by atoms with van der Waals surface area (Å²) in [6.45, 7) is 1.30. The molecule has 1 saturated heterocycles. The van der Waals surface area contributed by atoms with Gasteiger partial charge in [-0.1, -0.05) is 17.7 Å². The lowest BCUT2D eigenvalue weighted by molar-refractivity contribution is -0.151. The van der Waals surface area contributed by atoms with Gasteiger partial charge >= 0.3 is 11.9 Å². The van der Waals surface area contributed by atoms with Gasteiger partial charge in [-0.25, -0.2) is 4.79 Å². The zero-order chi connectivity index (χ0) is 24.0. The molecule has 0 unspecified atom stereocenters. The molecule has 33 heavy (non-hydrogen) atoms. The van der Waals surface area contributed by atoms with Crippen LogP contribution in [0, 0.1) is 12.8 Å². The third kappa shape index (κ3) is 6.16. The van der Waals surface area contributed by atoms with Crippen LogP contribution in [0.5, 0.6) is 0 Å². The van der Waals surface area contributed by atoms with E-state index in [0.717, 1.165) is 10.6 Å². The molecule has 0 bridgehead atoms. The van der Waals surface area contributed by atoms with Gasteiger partial charge in [0.2, 0.25) is 5.91 Å². The minimum Gasteiger partial charge on any atom is -0.465 e. The Morgan fingerprint density at radius 2 is 1.64 bits per heavy atom. The summed E-state index contributed by atoms with van der Waals surface area (Å²) in [4.78, 5) is 60.2.